The Balaban J connectivity index is 2.79. The zero-order valence-electron chi connectivity index (χ0n) is 11.6. The van der Waals surface area contributed by atoms with E-state index in [0.717, 1.165) is 12.0 Å². The second-order valence-corrected chi connectivity index (χ2v) is 6.57. The predicted molar refractivity (Wildman–Crippen MR) is 77.9 cm³/mol. The Bertz CT molecular complexity index is 688. The SMILES string of the molecule is CCc1ccc2c(O)c(P(=O)(OC)OC)cc(O)c2c1. The van der Waals surface area contributed by atoms with E-state index in [1.54, 1.807) is 12.1 Å². The summed E-state index contributed by atoms with van der Waals surface area (Å²) in [5.41, 5.74) is 1.03. The minimum atomic E-state index is -3.63. The summed E-state index contributed by atoms with van der Waals surface area (Å²) in [5.74, 6) is -0.273. The van der Waals surface area contributed by atoms with Crippen molar-refractivity contribution in [3.8, 4) is 11.5 Å². The quantitative estimate of drug-likeness (QED) is 0.670. The summed E-state index contributed by atoms with van der Waals surface area (Å²) in [6, 6.07) is 6.54. The first-order chi connectivity index (χ1) is 9.46. The standard InChI is InChI=1S/C14H17O5P/c1-4-9-5-6-10-11(7-9)12(15)8-13(14(10)16)20(17,18-2)19-3/h5-8,15-16H,4H2,1-3H3. The second-order valence-electron chi connectivity index (χ2n) is 4.36. The summed E-state index contributed by atoms with van der Waals surface area (Å²) >= 11 is 0. The molecule has 0 amide bonds. The lowest BCUT2D eigenvalue weighted by atomic mass is 10.0. The van der Waals surface area contributed by atoms with Crippen LogP contribution in [0.15, 0.2) is 24.3 Å². The molecule has 0 spiro atoms. The summed E-state index contributed by atoms with van der Waals surface area (Å²) in [6.45, 7) is 2.00. The maximum Gasteiger partial charge on any atom is 0.364 e. The van der Waals surface area contributed by atoms with E-state index in [1.165, 1.54) is 20.3 Å². The largest absolute Gasteiger partial charge is 0.507 e. The van der Waals surface area contributed by atoms with Crippen LogP contribution in [-0.2, 0) is 20.0 Å². The van der Waals surface area contributed by atoms with E-state index in [9.17, 15) is 14.8 Å². The van der Waals surface area contributed by atoms with Crippen LogP contribution in [0.1, 0.15) is 12.5 Å². The Kier molecular flexibility index (Phi) is 4.04. The number of hydrogen-bond donors (Lipinski definition) is 2. The van der Waals surface area contributed by atoms with Crippen LogP contribution in [0.25, 0.3) is 10.8 Å². The molecule has 0 saturated carbocycles. The molecule has 2 aromatic carbocycles. The van der Waals surface area contributed by atoms with Gasteiger partial charge in [-0.05, 0) is 24.1 Å². The van der Waals surface area contributed by atoms with Crippen molar-refractivity contribution >= 4 is 23.7 Å². The fraction of sp³-hybridized carbons (Fsp3) is 0.286. The number of fused-ring (bicyclic) bond motifs is 1. The smallest absolute Gasteiger partial charge is 0.364 e. The first kappa shape index (κ1) is 14.9. The fourth-order valence-corrected chi connectivity index (χ4v) is 3.33. The van der Waals surface area contributed by atoms with Crippen molar-refractivity contribution in [1.82, 2.24) is 0 Å². The summed E-state index contributed by atoms with van der Waals surface area (Å²) in [6.07, 6.45) is 0.812. The van der Waals surface area contributed by atoms with Crippen LogP contribution in [0.4, 0.5) is 0 Å². The molecule has 0 aliphatic heterocycles. The van der Waals surface area contributed by atoms with E-state index >= 15 is 0 Å². The maximum absolute atomic E-state index is 12.4. The lowest BCUT2D eigenvalue weighted by Crippen LogP contribution is -2.09. The summed E-state index contributed by atoms with van der Waals surface area (Å²) in [7, 11) is -1.18. The van der Waals surface area contributed by atoms with Crippen LogP contribution in [0.5, 0.6) is 11.5 Å². The zero-order valence-corrected chi connectivity index (χ0v) is 12.5. The van der Waals surface area contributed by atoms with Crippen molar-refractivity contribution in [1.29, 1.82) is 0 Å². The van der Waals surface area contributed by atoms with Crippen molar-refractivity contribution in [2.24, 2.45) is 0 Å². The minimum Gasteiger partial charge on any atom is -0.507 e. The molecule has 0 bridgehead atoms. The average molecular weight is 296 g/mol. The maximum atomic E-state index is 12.4. The van der Waals surface area contributed by atoms with Crippen LogP contribution < -0.4 is 5.30 Å². The van der Waals surface area contributed by atoms with Gasteiger partial charge < -0.3 is 19.3 Å². The van der Waals surface area contributed by atoms with Gasteiger partial charge in [0.2, 0.25) is 0 Å². The predicted octanol–water partition coefficient (Wildman–Crippen LogP) is 2.92. The van der Waals surface area contributed by atoms with Gasteiger partial charge in [0, 0.05) is 25.0 Å². The third kappa shape index (κ3) is 2.29. The number of rotatable bonds is 4. The minimum absolute atomic E-state index is 0.0447. The highest BCUT2D eigenvalue weighted by molar-refractivity contribution is 7.62. The first-order valence-electron chi connectivity index (χ1n) is 6.16. The summed E-state index contributed by atoms with van der Waals surface area (Å²) < 4.78 is 22.1. The molecule has 5 nitrogen and oxygen atoms in total. The normalized spacial score (nSPS) is 11.9. The van der Waals surface area contributed by atoms with E-state index in [-0.39, 0.29) is 16.8 Å². The van der Waals surface area contributed by atoms with Crippen LogP contribution in [-0.4, -0.2) is 24.4 Å². The van der Waals surface area contributed by atoms with Gasteiger partial charge in [-0.1, -0.05) is 19.1 Å². The van der Waals surface area contributed by atoms with Gasteiger partial charge >= 0.3 is 7.60 Å². The van der Waals surface area contributed by atoms with E-state index in [1.807, 2.05) is 13.0 Å². The van der Waals surface area contributed by atoms with Gasteiger partial charge in [-0.2, -0.15) is 0 Å². The van der Waals surface area contributed by atoms with Gasteiger partial charge in [0.1, 0.15) is 16.8 Å². The van der Waals surface area contributed by atoms with E-state index in [0.29, 0.717) is 10.8 Å². The number of benzene rings is 2. The molecule has 0 aliphatic carbocycles. The molecule has 2 aromatic rings. The topological polar surface area (TPSA) is 76.0 Å². The second kappa shape index (κ2) is 5.44. The van der Waals surface area contributed by atoms with E-state index < -0.39 is 7.60 Å². The van der Waals surface area contributed by atoms with Crippen molar-refractivity contribution in [2.45, 2.75) is 13.3 Å². The third-order valence-electron chi connectivity index (χ3n) is 3.32. The number of phenolic OH excluding ortho intramolecular Hbond substituents is 2. The van der Waals surface area contributed by atoms with Gasteiger partial charge in [-0.15, -0.1) is 0 Å². The molecule has 0 heterocycles. The number of aryl methyl sites for hydroxylation is 1. The molecule has 0 saturated heterocycles. The summed E-state index contributed by atoms with van der Waals surface area (Å²) in [5, 5.41) is 21.3. The van der Waals surface area contributed by atoms with Crippen LogP contribution in [0.3, 0.4) is 0 Å². The average Bonchev–Trinajstić information content (AvgIpc) is 2.49. The molecule has 2 rings (SSSR count). The lowest BCUT2D eigenvalue weighted by Gasteiger charge is -2.17. The molecule has 0 atom stereocenters. The zero-order chi connectivity index (χ0) is 14.9. The Labute approximate surface area is 117 Å². The lowest BCUT2D eigenvalue weighted by molar-refractivity contribution is 0.286. The van der Waals surface area contributed by atoms with Crippen LogP contribution in [0.2, 0.25) is 0 Å². The molecule has 0 aliphatic rings. The Morgan fingerprint density at radius 1 is 1.10 bits per heavy atom. The van der Waals surface area contributed by atoms with Crippen molar-refractivity contribution in [2.75, 3.05) is 14.2 Å². The van der Waals surface area contributed by atoms with Gasteiger partial charge in [-0.25, -0.2) is 0 Å². The third-order valence-corrected chi connectivity index (χ3v) is 5.21. The van der Waals surface area contributed by atoms with Crippen LogP contribution in [0, 0.1) is 0 Å². The molecule has 0 aromatic heterocycles. The summed E-state index contributed by atoms with van der Waals surface area (Å²) in [4.78, 5) is 0. The van der Waals surface area contributed by atoms with Crippen LogP contribution >= 0.6 is 7.60 Å². The number of phenols is 2. The first-order valence-corrected chi connectivity index (χ1v) is 7.70. The Morgan fingerprint density at radius 3 is 2.30 bits per heavy atom. The Hall–Kier alpha value is -1.55. The highest BCUT2D eigenvalue weighted by Gasteiger charge is 2.30. The van der Waals surface area contributed by atoms with Crippen molar-refractivity contribution < 1.29 is 23.8 Å². The molecule has 6 heteroatoms. The van der Waals surface area contributed by atoms with Crippen molar-refractivity contribution in [3.63, 3.8) is 0 Å². The molecule has 0 fully saturated rings. The van der Waals surface area contributed by atoms with Gasteiger partial charge in [-0.3, -0.25) is 4.57 Å². The van der Waals surface area contributed by atoms with E-state index in [4.69, 9.17) is 9.05 Å². The fourth-order valence-electron chi connectivity index (χ4n) is 2.12. The highest BCUT2D eigenvalue weighted by Crippen LogP contribution is 2.50. The monoisotopic (exact) mass is 296 g/mol. The molecule has 2 N–H and O–H groups in total. The molecule has 0 radical (unpaired) electrons. The molecular formula is C14H17O5P. The molecular weight excluding hydrogens is 279 g/mol. The van der Waals surface area contributed by atoms with Gasteiger partial charge in [0.05, 0.1) is 0 Å². The van der Waals surface area contributed by atoms with Crippen molar-refractivity contribution in [3.05, 3.63) is 29.8 Å². The molecule has 0 unspecified atom stereocenters. The van der Waals surface area contributed by atoms with E-state index in [2.05, 4.69) is 0 Å². The molecule has 108 valence electrons. The molecule has 20 heavy (non-hydrogen) atoms. The number of hydrogen-bond acceptors (Lipinski definition) is 5. The Morgan fingerprint density at radius 2 is 1.75 bits per heavy atom. The number of aromatic hydroxyl groups is 2. The van der Waals surface area contributed by atoms with Gasteiger partial charge in [0.15, 0.2) is 0 Å². The highest BCUT2D eigenvalue weighted by atomic mass is 31.2. The van der Waals surface area contributed by atoms with Gasteiger partial charge in [0.25, 0.3) is 0 Å².